The van der Waals surface area contributed by atoms with E-state index in [-0.39, 0.29) is 16.8 Å². The van der Waals surface area contributed by atoms with Crippen LogP contribution in [-0.4, -0.2) is 37.8 Å². The monoisotopic (exact) mass is 348 g/mol. The van der Waals surface area contributed by atoms with Gasteiger partial charge in [0.05, 0.1) is 4.90 Å². The smallest absolute Gasteiger partial charge is 0.251 e. The molecule has 3 fully saturated rings. The fourth-order valence-electron chi connectivity index (χ4n) is 4.55. The number of nitrogens with one attached hydrogen (secondary N) is 1. The molecule has 1 aliphatic heterocycles. The van der Waals surface area contributed by atoms with Crippen LogP contribution in [0.25, 0.3) is 0 Å². The van der Waals surface area contributed by atoms with Crippen molar-refractivity contribution in [3.05, 3.63) is 29.8 Å². The SMILES string of the molecule is O=C(N[C@@H]1C[C@H]2CC[C@H]1C2)c1cccc(S(=O)(=O)N2CCCC2)c1. The van der Waals surface area contributed by atoms with E-state index in [1.807, 2.05) is 0 Å². The van der Waals surface area contributed by atoms with Gasteiger partial charge in [0.1, 0.15) is 0 Å². The van der Waals surface area contributed by atoms with Crippen LogP contribution < -0.4 is 5.32 Å². The number of amides is 1. The van der Waals surface area contributed by atoms with E-state index < -0.39 is 10.0 Å². The Kier molecular flexibility index (Phi) is 4.12. The van der Waals surface area contributed by atoms with Crippen LogP contribution in [0, 0.1) is 11.8 Å². The van der Waals surface area contributed by atoms with Crippen LogP contribution in [0.4, 0.5) is 0 Å². The summed E-state index contributed by atoms with van der Waals surface area (Å²) in [5.74, 6) is 1.23. The lowest BCUT2D eigenvalue weighted by Crippen LogP contribution is -2.38. The Morgan fingerprint density at radius 3 is 2.58 bits per heavy atom. The first-order valence-electron chi connectivity index (χ1n) is 8.95. The topological polar surface area (TPSA) is 66.5 Å². The molecule has 2 bridgehead atoms. The lowest BCUT2D eigenvalue weighted by molar-refractivity contribution is 0.0922. The Bertz CT molecular complexity index is 740. The summed E-state index contributed by atoms with van der Waals surface area (Å²) >= 11 is 0. The van der Waals surface area contributed by atoms with Gasteiger partial charge in [-0.05, 0) is 62.1 Å². The quantitative estimate of drug-likeness (QED) is 0.908. The van der Waals surface area contributed by atoms with Crippen LogP contribution in [0.5, 0.6) is 0 Å². The molecule has 1 saturated heterocycles. The van der Waals surface area contributed by atoms with Crippen molar-refractivity contribution in [3.63, 3.8) is 0 Å². The Hall–Kier alpha value is -1.40. The fourth-order valence-corrected chi connectivity index (χ4v) is 6.11. The molecule has 2 saturated carbocycles. The van der Waals surface area contributed by atoms with Gasteiger partial charge in [0, 0.05) is 24.7 Å². The van der Waals surface area contributed by atoms with E-state index >= 15 is 0 Å². The maximum Gasteiger partial charge on any atom is 0.251 e. The maximum atomic E-state index is 12.7. The molecule has 5 nitrogen and oxygen atoms in total. The molecule has 0 aromatic heterocycles. The van der Waals surface area contributed by atoms with Gasteiger partial charge in [0.15, 0.2) is 0 Å². The van der Waals surface area contributed by atoms with Crippen LogP contribution in [0.1, 0.15) is 48.9 Å². The van der Waals surface area contributed by atoms with E-state index in [0.29, 0.717) is 24.6 Å². The van der Waals surface area contributed by atoms with Crippen molar-refractivity contribution in [2.45, 2.75) is 49.5 Å². The average molecular weight is 348 g/mol. The summed E-state index contributed by atoms with van der Waals surface area (Å²) in [4.78, 5) is 12.8. The second-order valence-corrected chi connectivity index (χ2v) is 9.33. The molecule has 4 rings (SSSR count). The first-order chi connectivity index (χ1) is 11.5. The molecule has 24 heavy (non-hydrogen) atoms. The van der Waals surface area contributed by atoms with Crippen molar-refractivity contribution >= 4 is 15.9 Å². The van der Waals surface area contributed by atoms with Crippen LogP contribution in [0.15, 0.2) is 29.2 Å². The summed E-state index contributed by atoms with van der Waals surface area (Å²) in [5, 5.41) is 3.13. The number of fused-ring (bicyclic) bond motifs is 2. The fraction of sp³-hybridized carbons (Fsp3) is 0.611. The molecule has 1 aromatic carbocycles. The molecule has 0 unspecified atom stereocenters. The third kappa shape index (κ3) is 2.86. The first kappa shape index (κ1) is 16.1. The van der Waals surface area contributed by atoms with Crippen molar-refractivity contribution in [2.24, 2.45) is 11.8 Å². The number of sulfonamides is 1. The van der Waals surface area contributed by atoms with Gasteiger partial charge in [-0.2, -0.15) is 4.31 Å². The highest BCUT2D eigenvalue weighted by Gasteiger charge is 2.40. The van der Waals surface area contributed by atoms with E-state index in [1.165, 1.54) is 29.6 Å². The lowest BCUT2D eigenvalue weighted by atomic mass is 9.95. The van der Waals surface area contributed by atoms with Gasteiger partial charge in [-0.1, -0.05) is 12.5 Å². The highest BCUT2D eigenvalue weighted by Crippen LogP contribution is 2.44. The van der Waals surface area contributed by atoms with Crippen molar-refractivity contribution in [1.82, 2.24) is 9.62 Å². The predicted octanol–water partition coefficient (Wildman–Crippen LogP) is 2.39. The van der Waals surface area contributed by atoms with Crippen LogP contribution in [-0.2, 0) is 10.0 Å². The minimum absolute atomic E-state index is 0.147. The minimum Gasteiger partial charge on any atom is -0.349 e. The van der Waals surface area contributed by atoms with Crippen LogP contribution in [0.2, 0.25) is 0 Å². The molecule has 1 N–H and O–H groups in total. The Morgan fingerprint density at radius 1 is 1.12 bits per heavy atom. The zero-order valence-electron chi connectivity index (χ0n) is 13.8. The summed E-state index contributed by atoms with van der Waals surface area (Å²) in [7, 11) is -3.48. The molecular formula is C18H24N2O3S. The van der Waals surface area contributed by atoms with Gasteiger partial charge in [0.2, 0.25) is 10.0 Å². The molecule has 1 heterocycles. The Labute approximate surface area is 143 Å². The maximum absolute atomic E-state index is 12.7. The Balaban J connectivity index is 1.51. The zero-order chi connectivity index (χ0) is 16.7. The van der Waals surface area contributed by atoms with E-state index in [1.54, 1.807) is 18.2 Å². The van der Waals surface area contributed by atoms with Crippen molar-refractivity contribution in [3.8, 4) is 0 Å². The van der Waals surface area contributed by atoms with E-state index in [4.69, 9.17) is 0 Å². The highest BCUT2D eigenvalue weighted by molar-refractivity contribution is 7.89. The van der Waals surface area contributed by atoms with Crippen LogP contribution in [0.3, 0.4) is 0 Å². The second kappa shape index (κ2) is 6.15. The molecule has 0 spiro atoms. The number of benzene rings is 1. The molecule has 3 aliphatic rings. The lowest BCUT2D eigenvalue weighted by Gasteiger charge is -2.23. The third-order valence-electron chi connectivity index (χ3n) is 5.85. The van der Waals surface area contributed by atoms with Gasteiger partial charge in [0.25, 0.3) is 5.91 Å². The minimum atomic E-state index is -3.48. The largest absolute Gasteiger partial charge is 0.349 e. The normalized spacial score (nSPS) is 29.9. The third-order valence-corrected chi connectivity index (χ3v) is 7.75. The van der Waals surface area contributed by atoms with E-state index in [9.17, 15) is 13.2 Å². The number of hydrogen-bond donors (Lipinski definition) is 1. The van der Waals surface area contributed by atoms with Gasteiger partial charge in [-0.15, -0.1) is 0 Å². The van der Waals surface area contributed by atoms with Crippen molar-refractivity contribution in [2.75, 3.05) is 13.1 Å². The molecule has 0 radical (unpaired) electrons. The summed E-state index contributed by atoms with van der Waals surface area (Å²) < 4.78 is 26.8. The van der Waals surface area contributed by atoms with Crippen molar-refractivity contribution < 1.29 is 13.2 Å². The summed E-state index contributed by atoms with van der Waals surface area (Å²) in [6, 6.07) is 6.73. The molecule has 1 amide bonds. The average Bonchev–Trinajstić information content (AvgIpc) is 3.32. The summed E-state index contributed by atoms with van der Waals surface area (Å²) in [6.07, 6.45) is 6.61. The number of hydrogen-bond acceptors (Lipinski definition) is 3. The van der Waals surface area contributed by atoms with Crippen LogP contribution >= 0.6 is 0 Å². The number of carbonyl (C=O) groups is 1. The first-order valence-corrected chi connectivity index (χ1v) is 10.4. The molecular weight excluding hydrogens is 324 g/mol. The standard InChI is InChI=1S/C18H24N2O3S/c21-18(19-17-11-13-6-7-14(17)10-13)15-4-3-5-16(12-15)24(22,23)20-8-1-2-9-20/h3-5,12-14,17H,1-2,6-11H2,(H,19,21)/t13-,14-,17+/m0/s1. The highest BCUT2D eigenvalue weighted by atomic mass is 32.2. The molecule has 3 atom stereocenters. The molecule has 1 aromatic rings. The number of carbonyl (C=O) groups excluding carboxylic acids is 1. The van der Waals surface area contributed by atoms with Gasteiger partial charge in [-0.3, -0.25) is 4.79 Å². The van der Waals surface area contributed by atoms with E-state index in [0.717, 1.165) is 25.2 Å². The Morgan fingerprint density at radius 2 is 1.92 bits per heavy atom. The van der Waals surface area contributed by atoms with E-state index in [2.05, 4.69) is 5.32 Å². The molecule has 130 valence electrons. The van der Waals surface area contributed by atoms with Gasteiger partial charge in [-0.25, -0.2) is 8.42 Å². The summed E-state index contributed by atoms with van der Waals surface area (Å²) in [5.41, 5.74) is 0.443. The van der Waals surface area contributed by atoms with Crippen molar-refractivity contribution in [1.29, 1.82) is 0 Å². The summed E-state index contributed by atoms with van der Waals surface area (Å²) in [6.45, 7) is 1.15. The predicted molar refractivity (Wildman–Crippen MR) is 91.1 cm³/mol. The van der Waals surface area contributed by atoms with Gasteiger partial charge < -0.3 is 5.32 Å². The molecule has 6 heteroatoms. The zero-order valence-corrected chi connectivity index (χ0v) is 14.6. The number of nitrogens with zero attached hydrogens (tertiary/aromatic N) is 1. The molecule has 2 aliphatic carbocycles. The van der Waals surface area contributed by atoms with Gasteiger partial charge >= 0.3 is 0 Å². The number of rotatable bonds is 4. The second-order valence-electron chi connectivity index (χ2n) is 7.39.